The fourth-order valence-corrected chi connectivity index (χ4v) is 3.26. The van der Waals surface area contributed by atoms with E-state index in [0.29, 0.717) is 37.5 Å². The minimum absolute atomic E-state index is 0.221. The molecule has 3 rings (SSSR count). The Morgan fingerprint density at radius 1 is 1.13 bits per heavy atom. The van der Waals surface area contributed by atoms with Gasteiger partial charge in [0.2, 0.25) is 0 Å². The van der Waals surface area contributed by atoms with Crippen molar-refractivity contribution in [1.82, 2.24) is 20.9 Å². The summed E-state index contributed by atoms with van der Waals surface area (Å²) in [5, 5.41) is 18.4. The summed E-state index contributed by atoms with van der Waals surface area (Å²) in [6.07, 6.45) is 2.38. The summed E-state index contributed by atoms with van der Waals surface area (Å²) in [6.45, 7) is 2.70. The van der Waals surface area contributed by atoms with Gasteiger partial charge in [-0.25, -0.2) is 4.79 Å². The first kappa shape index (κ1) is 22.4. The molecule has 0 radical (unpaired) electrons. The second kappa shape index (κ2) is 11.2. The molecule has 0 fully saturated rings. The summed E-state index contributed by atoms with van der Waals surface area (Å²) in [5.41, 5.74) is 8.43. The maximum Gasteiger partial charge on any atom is 0.326 e. The number of nitrogens with two attached hydrogens (primary N) is 1. The zero-order chi connectivity index (χ0) is 22.1. The number of nitrogens with one attached hydrogen (secondary N) is 3. The van der Waals surface area contributed by atoms with E-state index < -0.39 is 17.9 Å². The van der Waals surface area contributed by atoms with E-state index in [2.05, 4.69) is 25.9 Å². The predicted octanol–water partition coefficient (Wildman–Crippen LogP) is 0.664. The number of benzene rings is 1. The van der Waals surface area contributed by atoms with Crippen molar-refractivity contribution in [2.45, 2.75) is 38.0 Å². The Kier molecular flexibility index (Phi) is 8.08. The van der Waals surface area contributed by atoms with Crippen molar-refractivity contribution in [3.63, 3.8) is 0 Å². The van der Waals surface area contributed by atoms with E-state index in [-0.39, 0.29) is 12.5 Å². The van der Waals surface area contributed by atoms with E-state index in [1.165, 1.54) is 0 Å². The summed E-state index contributed by atoms with van der Waals surface area (Å²) >= 11 is 0. The molecule has 1 aliphatic rings. The SMILES string of the molecule is NC(CC[C@H](NC(=O)c1ccc(CNCc2ccccn2)cc1)C(=O)O)C1=NCCN1. The Morgan fingerprint density at radius 3 is 2.58 bits per heavy atom. The topological polar surface area (TPSA) is 142 Å². The molecule has 6 N–H and O–H groups in total. The van der Waals surface area contributed by atoms with Crippen LogP contribution in [0, 0.1) is 0 Å². The smallest absolute Gasteiger partial charge is 0.326 e. The van der Waals surface area contributed by atoms with Crippen molar-refractivity contribution >= 4 is 17.7 Å². The molecule has 1 aromatic carbocycles. The Bertz CT molecular complexity index is 901. The lowest BCUT2D eigenvalue weighted by atomic mass is 10.0. The molecule has 0 bridgehead atoms. The third kappa shape index (κ3) is 6.87. The number of carbonyl (C=O) groups is 2. The third-order valence-electron chi connectivity index (χ3n) is 5.00. The summed E-state index contributed by atoms with van der Waals surface area (Å²) in [5.74, 6) is -0.815. The van der Waals surface area contributed by atoms with E-state index in [1.807, 2.05) is 30.3 Å². The first-order chi connectivity index (χ1) is 15.0. The number of pyridine rings is 1. The van der Waals surface area contributed by atoms with Crippen LogP contribution in [-0.2, 0) is 17.9 Å². The fraction of sp³-hybridized carbons (Fsp3) is 0.364. The monoisotopic (exact) mass is 424 g/mol. The Balaban J connectivity index is 1.47. The van der Waals surface area contributed by atoms with Crippen molar-refractivity contribution in [3.05, 3.63) is 65.5 Å². The number of nitrogens with zero attached hydrogens (tertiary/aromatic N) is 2. The molecule has 9 heteroatoms. The molecule has 1 aliphatic heterocycles. The van der Waals surface area contributed by atoms with Crippen LogP contribution >= 0.6 is 0 Å². The number of carboxylic acids is 1. The molecule has 164 valence electrons. The van der Waals surface area contributed by atoms with Crippen LogP contribution in [0.1, 0.15) is 34.5 Å². The number of hydrogen-bond donors (Lipinski definition) is 5. The third-order valence-corrected chi connectivity index (χ3v) is 5.00. The van der Waals surface area contributed by atoms with Gasteiger partial charge in [0.1, 0.15) is 11.9 Å². The molecular weight excluding hydrogens is 396 g/mol. The lowest BCUT2D eigenvalue weighted by molar-refractivity contribution is -0.139. The zero-order valence-corrected chi connectivity index (χ0v) is 17.3. The summed E-state index contributed by atoms with van der Waals surface area (Å²) in [7, 11) is 0. The van der Waals surface area contributed by atoms with E-state index >= 15 is 0 Å². The average molecular weight is 425 g/mol. The number of carbonyl (C=O) groups excluding carboxylic acids is 1. The Morgan fingerprint density at radius 2 is 1.94 bits per heavy atom. The number of rotatable bonds is 11. The molecule has 1 aromatic heterocycles. The van der Waals surface area contributed by atoms with E-state index in [4.69, 9.17) is 5.73 Å². The molecule has 31 heavy (non-hydrogen) atoms. The highest BCUT2D eigenvalue weighted by atomic mass is 16.4. The lowest BCUT2D eigenvalue weighted by Crippen LogP contribution is -2.44. The Hall–Kier alpha value is -3.30. The second-order valence-electron chi connectivity index (χ2n) is 7.36. The van der Waals surface area contributed by atoms with Crippen molar-refractivity contribution in [3.8, 4) is 0 Å². The van der Waals surface area contributed by atoms with Gasteiger partial charge in [-0.1, -0.05) is 18.2 Å². The van der Waals surface area contributed by atoms with Crippen LogP contribution in [0.15, 0.2) is 53.7 Å². The van der Waals surface area contributed by atoms with Gasteiger partial charge in [0.05, 0.1) is 18.3 Å². The normalized spacial score (nSPS) is 14.9. The highest BCUT2D eigenvalue weighted by Gasteiger charge is 2.23. The molecule has 2 atom stereocenters. The summed E-state index contributed by atoms with van der Waals surface area (Å²) < 4.78 is 0. The van der Waals surface area contributed by atoms with E-state index in [9.17, 15) is 14.7 Å². The van der Waals surface area contributed by atoms with Crippen LogP contribution in [-0.4, -0.2) is 53.0 Å². The van der Waals surface area contributed by atoms with Crippen LogP contribution in [0.5, 0.6) is 0 Å². The van der Waals surface area contributed by atoms with Crippen LogP contribution in [0.25, 0.3) is 0 Å². The van der Waals surface area contributed by atoms with Crippen LogP contribution < -0.4 is 21.7 Å². The highest BCUT2D eigenvalue weighted by Crippen LogP contribution is 2.08. The van der Waals surface area contributed by atoms with Crippen LogP contribution in [0.3, 0.4) is 0 Å². The molecule has 2 heterocycles. The molecule has 2 aromatic rings. The number of amides is 1. The average Bonchev–Trinajstić information content (AvgIpc) is 3.32. The molecular formula is C22H28N6O3. The first-order valence-corrected chi connectivity index (χ1v) is 10.3. The number of amidine groups is 1. The maximum atomic E-state index is 12.5. The van der Waals surface area contributed by atoms with Gasteiger partial charge in [-0.05, 0) is 42.7 Å². The van der Waals surface area contributed by atoms with Crippen LogP contribution in [0.4, 0.5) is 0 Å². The standard InChI is InChI=1S/C22H28N6O3/c23-18(20-26-11-12-27-20)8-9-19(22(30)31)28-21(29)16-6-4-15(5-7-16)13-24-14-17-3-1-2-10-25-17/h1-7,10,18-19,24H,8-9,11-14,23H2,(H,26,27)(H,28,29)(H,30,31)/t18?,19-/m0/s1. The minimum atomic E-state index is -1.09. The van der Waals surface area contributed by atoms with Crippen molar-refractivity contribution in [2.75, 3.05) is 13.1 Å². The van der Waals surface area contributed by atoms with E-state index in [1.54, 1.807) is 18.3 Å². The van der Waals surface area contributed by atoms with E-state index in [0.717, 1.165) is 17.8 Å². The Labute approximate surface area is 181 Å². The van der Waals surface area contributed by atoms with Gasteiger partial charge < -0.3 is 26.8 Å². The summed E-state index contributed by atoms with van der Waals surface area (Å²) in [4.78, 5) is 32.6. The molecule has 0 saturated heterocycles. The highest BCUT2D eigenvalue weighted by molar-refractivity contribution is 5.96. The molecule has 0 spiro atoms. The molecule has 1 amide bonds. The quantitative estimate of drug-likeness (QED) is 0.357. The number of hydrogen-bond acceptors (Lipinski definition) is 7. The number of aromatic nitrogens is 1. The van der Waals surface area contributed by atoms with Crippen molar-refractivity contribution in [2.24, 2.45) is 10.7 Å². The van der Waals surface area contributed by atoms with Gasteiger partial charge in [-0.15, -0.1) is 0 Å². The fourth-order valence-electron chi connectivity index (χ4n) is 3.26. The molecule has 9 nitrogen and oxygen atoms in total. The first-order valence-electron chi connectivity index (χ1n) is 10.3. The van der Waals surface area contributed by atoms with Gasteiger partial charge in [-0.3, -0.25) is 14.8 Å². The number of carboxylic acid groups (broad SMARTS) is 1. The van der Waals surface area contributed by atoms with Crippen molar-refractivity contribution < 1.29 is 14.7 Å². The zero-order valence-electron chi connectivity index (χ0n) is 17.3. The lowest BCUT2D eigenvalue weighted by Gasteiger charge is -2.18. The molecule has 0 saturated carbocycles. The molecule has 0 aliphatic carbocycles. The number of aliphatic imine (C=N–C) groups is 1. The van der Waals surface area contributed by atoms with Crippen LogP contribution in [0.2, 0.25) is 0 Å². The molecule has 1 unspecified atom stereocenters. The second-order valence-corrected chi connectivity index (χ2v) is 7.36. The van der Waals surface area contributed by atoms with Crippen molar-refractivity contribution in [1.29, 1.82) is 0 Å². The van der Waals surface area contributed by atoms with Gasteiger partial charge in [-0.2, -0.15) is 0 Å². The largest absolute Gasteiger partial charge is 0.480 e. The minimum Gasteiger partial charge on any atom is -0.480 e. The maximum absolute atomic E-state index is 12.5. The van der Waals surface area contributed by atoms with Gasteiger partial charge in [0, 0.05) is 31.4 Å². The summed E-state index contributed by atoms with van der Waals surface area (Å²) in [6, 6.07) is 11.5. The predicted molar refractivity (Wildman–Crippen MR) is 118 cm³/mol. The van der Waals surface area contributed by atoms with Gasteiger partial charge in [0.15, 0.2) is 0 Å². The number of aliphatic carboxylic acids is 1. The van der Waals surface area contributed by atoms with Gasteiger partial charge >= 0.3 is 5.97 Å². The van der Waals surface area contributed by atoms with Gasteiger partial charge in [0.25, 0.3) is 5.91 Å².